The highest BCUT2D eigenvalue weighted by Crippen LogP contribution is 2.26. The van der Waals surface area contributed by atoms with Crippen LogP contribution in [0.5, 0.6) is 5.75 Å². The van der Waals surface area contributed by atoms with E-state index in [9.17, 15) is 4.39 Å². The van der Waals surface area contributed by atoms with E-state index in [1.807, 2.05) is 13.0 Å². The zero-order chi connectivity index (χ0) is 15.4. The van der Waals surface area contributed by atoms with Gasteiger partial charge in [-0.3, -0.25) is 0 Å². The van der Waals surface area contributed by atoms with E-state index in [2.05, 4.69) is 40.3 Å². The van der Waals surface area contributed by atoms with Crippen molar-refractivity contribution >= 4 is 15.9 Å². The summed E-state index contributed by atoms with van der Waals surface area (Å²) in [5, 5.41) is 3.40. The van der Waals surface area contributed by atoms with Crippen molar-refractivity contribution in [2.24, 2.45) is 0 Å². The number of aryl methyl sites for hydroxylation is 1. The van der Waals surface area contributed by atoms with Crippen LogP contribution in [0.1, 0.15) is 29.7 Å². The maximum atomic E-state index is 13.4. The zero-order valence-corrected chi connectivity index (χ0v) is 14.0. The predicted octanol–water partition coefficient (Wildman–Crippen LogP) is 4.76. The fourth-order valence-electron chi connectivity index (χ4n) is 2.24. The molecular formula is C17H19BrFNO. The lowest BCUT2D eigenvalue weighted by atomic mass is 10.1. The van der Waals surface area contributed by atoms with Gasteiger partial charge in [-0.2, -0.15) is 0 Å². The molecule has 2 aromatic rings. The molecular weight excluding hydrogens is 333 g/mol. The van der Waals surface area contributed by atoms with Gasteiger partial charge in [0.25, 0.3) is 0 Å². The maximum Gasteiger partial charge on any atom is 0.123 e. The molecule has 0 saturated heterocycles. The molecule has 0 heterocycles. The Morgan fingerprint density at radius 1 is 1.24 bits per heavy atom. The van der Waals surface area contributed by atoms with Gasteiger partial charge in [-0.25, -0.2) is 4.39 Å². The Bertz CT molecular complexity index is 630. The van der Waals surface area contributed by atoms with Crippen LogP contribution in [0.25, 0.3) is 0 Å². The Kier molecular flexibility index (Phi) is 5.37. The molecule has 2 rings (SSSR count). The van der Waals surface area contributed by atoms with E-state index in [1.165, 1.54) is 23.3 Å². The van der Waals surface area contributed by atoms with Crippen LogP contribution in [0.4, 0.5) is 4.39 Å². The molecule has 0 aliphatic heterocycles. The normalized spacial score (nSPS) is 12.2. The number of ether oxygens (including phenoxy) is 1. The smallest absolute Gasteiger partial charge is 0.123 e. The molecule has 4 heteroatoms. The molecule has 0 saturated carbocycles. The van der Waals surface area contributed by atoms with Crippen LogP contribution in [0, 0.1) is 12.7 Å². The molecule has 0 aliphatic carbocycles. The quantitative estimate of drug-likeness (QED) is 0.838. The van der Waals surface area contributed by atoms with Gasteiger partial charge in [-0.05, 0) is 49.2 Å². The standard InChI is InChI=1S/C17H19BrFNO/c1-11-8-13(4-6-16(11)18)10-20-12(2)15-9-14(19)5-7-17(15)21-3/h4-9,12,20H,10H2,1-3H3. The van der Waals surface area contributed by atoms with E-state index in [-0.39, 0.29) is 11.9 Å². The molecule has 1 atom stereocenters. The van der Waals surface area contributed by atoms with Crippen molar-refractivity contribution in [2.75, 3.05) is 7.11 Å². The third-order valence-electron chi connectivity index (χ3n) is 3.49. The van der Waals surface area contributed by atoms with Crippen LogP contribution in [-0.4, -0.2) is 7.11 Å². The van der Waals surface area contributed by atoms with Crippen LogP contribution >= 0.6 is 15.9 Å². The Morgan fingerprint density at radius 3 is 2.67 bits per heavy atom. The van der Waals surface area contributed by atoms with Crippen molar-refractivity contribution in [3.63, 3.8) is 0 Å². The number of methoxy groups -OCH3 is 1. The highest BCUT2D eigenvalue weighted by atomic mass is 79.9. The summed E-state index contributed by atoms with van der Waals surface area (Å²) in [5.41, 5.74) is 3.22. The van der Waals surface area contributed by atoms with E-state index in [0.717, 1.165) is 16.6 Å². The summed E-state index contributed by atoms with van der Waals surface area (Å²) in [6.07, 6.45) is 0. The second kappa shape index (κ2) is 7.05. The molecule has 0 fully saturated rings. The molecule has 2 aromatic carbocycles. The fraction of sp³-hybridized carbons (Fsp3) is 0.294. The third kappa shape index (κ3) is 4.05. The molecule has 0 spiro atoms. The number of nitrogens with one attached hydrogen (secondary N) is 1. The number of hydrogen-bond acceptors (Lipinski definition) is 2. The van der Waals surface area contributed by atoms with Crippen molar-refractivity contribution in [3.8, 4) is 5.75 Å². The molecule has 1 unspecified atom stereocenters. The van der Waals surface area contributed by atoms with Gasteiger partial charge < -0.3 is 10.1 Å². The van der Waals surface area contributed by atoms with Gasteiger partial charge in [0.2, 0.25) is 0 Å². The van der Waals surface area contributed by atoms with Gasteiger partial charge in [0.05, 0.1) is 7.11 Å². The lowest BCUT2D eigenvalue weighted by molar-refractivity contribution is 0.399. The summed E-state index contributed by atoms with van der Waals surface area (Å²) >= 11 is 3.49. The lowest BCUT2D eigenvalue weighted by Gasteiger charge is -2.17. The lowest BCUT2D eigenvalue weighted by Crippen LogP contribution is -2.19. The van der Waals surface area contributed by atoms with Gasteiger partial charge in [0.15, 0.2) is 0 Å². The Morgan fingerprint density at radius 2 is 2.00 bits per heavy atom. The van der Waals surface area contributed by atoms with E-state index < -0.39 is 0 Å². The van der Waals surface area contributed by atoms with Gasteiger partial charge in [0.1, 0.15) is 11.6 Å². The molecule has 21 heavy (non-hydrogen) atoms. The molecule has 0 radical (unpaired) electrons. The summed E-state index contributed by atoms with van der Waals surface area (Å²) in [5.74, 6) is 0.447. The van der Waals surface area contributed by atoms with Crippen molar-refractivity contribution < 1.29 is 9.13 Å². The largest absolute Gasteiger partial charge is 0.496 e. The summed E-state index contributed by atoms with van der Waals surface area (Å²) < 4.78 is 19.8. The number of benzene rings is 2. The molecule has 112 valence electrons. The van der Waals surface area contributed by atoms with E-state index in [1.54, 1.807) is 13.2 Å². The fourth-order valence-corrected chi connectivity index (χ4v) is 2.49. The van der Waals surface area contributed by atoms with Crippen LogP contribution in [0.2, 0.25) is 0 Å². The van der Waals surface area contributed by atoms with Crippen molar-refractivity contribution in [2.45, 2.75) is 26.4 Å². The van der Waals surface area contributed by atoms with Crippen LogP contribution in [0.3, 0.4) is 0 Å². The van der Waals surface area contributed by atoms with E-state index >= 15 is 0 Å². The van der Waals surface area contributed by atoms with Crippen molar-refractivity contribution in [1.82, 2.24) is 5.32 Å². The minimum absolute atomic E-state index is 0.000368. The molecule has 0 amide bonds. The average Bonchev–Trinajstić information content (AvgIpc) is 2.48. The highest BCUT2D eigenvalue weighted by molar-refractivity contribution is 9.10. The SMILES string of the molecule is COc1ccc(F)cc1C(C)NCc1ccc(Br)c(C)c1. The van der Waals surface area contributed by atoms with Gasteiger partial charge in [-0.1, -0.05) is 28.1 Å². The maximum absolute atomic E-state index is 13.4. The van der Waals surface area contributed by atoms with Crippen LogP contribution in [0.15, 0.2) is 40.9 Å². The first-order chi connectivity index (χ1) is 10.0. The Labute approximate surface area is 133 Å². The molecule has 0 aromatic heterocycles. The summed E-state index contributed by atoms with van der Waals surface area (Å²) in [6, 6.07) is 10.8. The highest BCUT2D eigenvalue weighted by Gasteiger charge is 2.12. The predicted molar refractivity (Wildman–Crippen MR) is 87.1 cm³/mol. The van der Waals surface area contributed by atoms with Gasteiger partial charge >= 0.3 is 0 Å². The average molecular weight is 352 g/mol. The molecule has 1 N–H and O–H groups in total. The van der Waals surface area contributed by atoms with Gasteiger partial charge in [0, 0.05) is 22.6 Å². The van der Waals surface area contributed by atoms with Gasteiger partial charge in [-0.15, -0.1) is 0 Å². The number of halogens is 2. The van der Waals surface area contributed by atoms with Crippen molar-refractivity contribution in [3.05, 3.63) is 63.4 Å². The monoisotopic (exact) mass is 351 g/mol. The second-order valence-corrected chi connectivity index (χ2v) is 5.93. The summed E-state index contributed by atoms with van der Waals surface area (Å²) in [7, 11) is 1.60. The van der Waals surface area contributed by atoms with E-state index in [4.69, 9.17) is 4.74 Å². The minimum atomic E-state index is -0.251. The Hall–Kier alpha value is -1.39. The minimum Gasteiger partial charge on any atom is -0.496 e. The second-order valence-electron chi connectivity index (χ2n) is 5.07. The Balaban J connectivity index is 2.09. The molecule has 0 bridgehead atoms. The first-order valence-corrected chi connectivity index (χ1v) is 7.62. The summed E-state index contributed by atoms with van der Waals surface area (Å²) in [4.78, 5) is 0. The topological polar surface area (TPSA) is 21.3 Å². The zero-order valence-electron chi connectivity index (χ0n) is 12.4. The molecule has 2 nitrogen and oxygen atoms in total. The first-order valence-electron chi connectivity index (χ1n) is 6.83. The van der Waals surface area contributed by atoms with E-state index in [0.29, 0.717) is 5.75 Å². The number of hydrogen-bond donors (Lipinski definition) is 1. The summed E-state index contributed by atoms with van der Waals surface area (Å²) in [6.45, 7) is 4.78. The van der Waals surface area contributed by atoms with Crippen LogP contribution < -0.4 is 10.1 Å². The first kappa shape index (κ1) is 16.0. The third-order valence-corrected chi connectivity index (χ3v) is 4.38. The van der Waals surface area contributed by atoms with Crippen molar-refractivity contribution in [1.29, 1.82) is 0 Å². The van der Waals surface area contributed by atoms with Crippen LogP contribution in [-0.2, 0) is 6.54 Å². The number of rotatable bonds is 5. The molecule has 0 aliphatic rings.